The van der Waals surface area contributed by atoms with Crippen molar-refractivity contribution in [2.45, 2.75) is 46.3 Å². The summed E-state index contributed by atoms with van der Waals surface area (Å²) in [4.78, 5) is 12.0. The van der Waals surface area contributed by atoms with E-state index in [-0.39, 0.29) is 23.2 Å². The SMILES string of the molecule is CCSC(C(=O)NCC(C)(C)CCO)C(C)C. The maximum Gasteiger partial charge on any atom is 0.233 e. The van der Waals surface area contributed by atoms with Crippen LogP contribution in [-0.2, 0) is 4.79 Å². The zero-order valence-corrected chi connectivity index (χ0v) is 12.6. The van der Waals surface area contributed by atoms with Gasteiger partial charge in [-0.3, -0.25) is 4.79 Å². The third kappa shape index (κ3) is 6.94. The number of carbonyl (C=O) groups excluding carboxylic acids is 1. The van der Waals surface area contributed by atoms with Gasteiger partial charge in [-0.2, -0.15) is 0 Å². The number of carbonyl (C=O) groups is 1. The molecule has 0 aromatic carbocycles. The van der Waals surface area contributed by atoms with Crippen molar-refractivity contribution < 1.29 is 9.90 Å². The van der Waals surface area contributed by atoms with Crippen molar-refractivity contribution >= 4 is 17.7 Å². The van der Waals surface area contributed by atoms with Crippen LogP contribution in [0.3, 0.4) is 0 Å². The zero-order valence-electron chi connectivity index (χ0n) is 11.7. The van der Waals surface area contributed by atoms with E-state index >= 15 is 0 Å². The van der Waals surface area contributed by atoms with E-state index in [1.54, 1.807) is 11.8 Å². The van der Waals surface area contributed by atoms with Gasteiger partial charge < -0.3 is 10.4 Å². The van der Waals surface area contributed by atoms with E-state index in [0.717, 1.165) is 5.75 Å². The molecule has 102 valence electrons. The van der Waals surface area contributed by atoms with Gasteiger partial charge in [0.1, 0.15) is 0 Å². The largest absolute Gasteiger partial charge is 0.396 e. The molecule has 2 N–H and O–H groups in total. The van der Waals surface area contributed by atoms with Gasteiger partial charge in [0.15, 0.2) is 0 Å². The minimum absolute atomic E-state index is 0.0323. The lowest BCUT2D eigenvalue weighted by molar-refractivity contribution is -0.121. The first-order chi connectivity index (χ1) is 7.84. The lowest BCUT2D eigenvalue weighted by atomic mass is 9.89. The quantitative estimate of drug-likeness (QED) is 0.705. The number of thioether (sulfide) groups is 1. The van der Waals surface area contributed by atoms with Crippen LogP contribution in [0.2, 0.25) is 0 Å². The number of hydrogen-bond donors (Lipinski definition) is 2. The van der Waals surface area contributed by atoms with Crippen LogP contribution < -0.4 is 5.32 Å². The Hall–Kier alpha value is -0.220. The highest BCUT2D eigenvalue weighted by Gasteiger charge is 2.24. The van der Waals surface area contributed by atoms with Gasteiger partial charge in [-0.25, -0.2) is 0 Å². The van der Waals surface area contributed by atoms with Crippen LogP contribution >= 0.6 is 11.8 Å². The maximum absolute atomic E-state index is 12.0. The third-order valence-corrected chi connectivity index (χ3v) is 4.19. The van der Waals surface area contributed by atoms with E-state index in [2.05, 4.69) is 39.9 Å². The van der Waals surface area contributed by atoms with Gasteiger partial charge in [-0.1, -0.05) is 34.6 Å². The van der Waals surface area contributed by atoms with Crippen molar-refractivity contribution in [3.8, 4) is 0 Å². The zero-order chi connectivity index (χ0) is 13.5. The maximum atomic E-state index is 12.0. The van der Waals surface area contributed by atoms with Crippen LogP contribution in [0.15, 0.2) is 0 Å². The number of nitrogens with one attached hydrogen (secondary N) is 1. The Morgan fingerprint density at radius 3 is 2.41 bits per heavy atom. The summed E-state index contributed by atoms with van der Waals surface area (Å²) < 4.78 is 0. The van der Waals surface area contributed by atoms with Crippen molar-refractivity contribution in [3.05, 3.63) is 0 Å². The number of rotatable bonds is 8. The molecule has 0 spiro atoms. The van der Waals surface area contributed by atoms with Crippen LogP contribution in [-0.4, -0.2) is 35.2 Å². The molecule has 1 atom stereocenters. The second kappa shape index (κ2) is 7.98. The van der Waals surface area contributed by atoms with Crippen molar-refractivity contribution in [1.29, 1.82) is 0 Å². The second-order valence-corrected chi connectivity index (χ2v) is 6.89. The Balaban J connectivity index is 4.22. The fourth-order valence-corrected chi connectivity index (χ4v) is 2.55. The first kappa shape index (κ1) is 16.8. The standard InChI is InChI=1S/C13H27NO2S/c1-6-17-11(10(2)3)12(16)14-9-13(4,5)7-8-15/h10-11,15H,6-9H2,1-5H3,(H,14,16). The Morgan fingerprint density at radius 1 is 1.41 bits per heavy atom. The van der Waals surface area contributed by atoms with Gasteiger partial charge in [0.2, 0.25) is 5.91 Å². The van der Waals surface area contributed by atoms with E-state index < -0.39 is 0 Å². The minimum Gasteiger partial charge on any atom is -0.396 e. The molecule has 1 unspecified atom stereocenters. The average molecular weight is 261 g/mol. The summed E-state index contributed by atoms with van der Waals surface area (Å²) >= 11 is 1.70. The lowest BCUT2D eigenvalue weighted by Crippen LogP contribution is -2.41. The molecule has 17 heavy (non-hydrogen) atoms. The van der Waals surface area contributed by atoms with Gasteiger partial charge in [0.05, 0.1) is 5.25 Å². The fraction of sp³-hybridized carbons (Fsp3) is 0.923. The molecule has 0 aliphatic carbocycles. The number of amides is 1. The lowest BCUT2D eigenvalue weighted by Gasteiger charge is -2.26. The van der Waals surface area contributed by atoms with Crippen LogP contribution in [0.25, 0.3) is 0 Å². The predicted octanol–water partition coefficient (Wildman–Crippen LogP) is 2.29. The summed E-state index contributed by atoms with van der Waals surface area (Å²) in [6.45, 7) is 11.1. The predicted molar refractivity (Wildman–Crippen MR) is 75.3 cm³/mol. The first-order valence-electron chi connectivity index (χ1n) is 6.34. The third-order valence-electron chi connectivity index (χ3n) is 2.74. The van der Waals surface area contributed by atoms with Crippen molar-refractivity contribution in [3.63, 3.8) is 0 Å². The molecule has 0 saturated carbocycles. The highest BCUT2D eigenvalue weighted by atomic mass is 32.2. The Bertz CT molecular complexity index is 229. The topological polar surface area (TPSA) is 49.3 Å². The van der Waals surface area contributed by atoms with E-state index in [4.69, 9.17) is 5.11 Å². The summed E-state index contributed by atoms with van der Waals surface area (Å²) in [5.74, 6) is 1.43. The molecule has 0 rings (SSSR count). The van der Waals surface area contributed by atoms with E-state index in [1.807, 2.05) is 0 Å². The Labute approximate surface area is 110 Å². The number of hydrogen-bond acceptors (Lipinski definition) is 3. The van der Waals surface area contributed by atoms with E-state index in [0.29, 0.717) is 18.9 Å². The molecule has 0 aromatic heterocycles. The van der Waals surface area contributed by atoms with E-state index in [9.17, 15) is 4.79 Å². The van der Waals surface area contributed by atoms with Gasteiger partial charge in [0.25, 0.3) is 0 Å². The number of aliphatic hydroxyl groups excluding tert-OH is 1. The Kier molecular flexibility index (Phi) is 7.88. The molecule has 0 bridgehead atoms. The molecule has 0 heterocycles. The molecule has 4 heteroatoms. The van der Waals surface area contributed by atoms with Gasteiger partial charge in [-0.15, -0.1) is 11.8 Å². The molecule has 0 aliphatic heterocycles. The molecule has 0 aliphatic rings. The average Bonchev–Trinajstić information content (AvgIpc) is 2.22. The monoisotopic (exact) mass is 261 g/mol. The van der Waals surface area contributed by atoms with Crippen LogP contribution in [0.4, 0.5) is 0 Å². The van der Waals surface area contributed by atoms with Gasteiger partial charge >= 0.3 is 0 Å². The van der Waals surface area contributed by atoms with Crippen LogP contribution in [0.1, 0.15) is 41.0 Å². The molecule has 0 saturated heterocycles. The molecular formula is C13H27NO2S. The highest BCUT2D eigenvalue weighted by Crippen LogP contribution is 2.21. The molecule has 3 nitrogen and oxygen atoms in total. The normalized spacial score (nSPS) is 13.8. The summed E-state index contributed by atoms with van der Waals surface area (Å²) in [6, 6.07) is 0. The molecular weight excluding hydrogens is 234 g/mol. The summed E-state index contributed by atoms with van der Waals surface area (Å²) in [7, 11) is 0. The summed E-state index contributed by atoms with van der Waals surface area (Å²) in [5, 5.41) is 12.0. The molecule has 1 amide bonds. The summed E-state index contributed by atoms with van der Waals surface area (Å²) in [5.41, 5.74) is -0.0389. The smallest absolute Gasteiger partial charge is 0.233 e. The first-order valence-corrected chi connectivity index (χ1v) is 7.39. The van der Waals surface area contributed by atoms with Gasteiger partial charge in [0, 0.05) is 13.2 Å². The number of aliphatic hydroxyl groups is 1. The summed E-state index contributed by atoms with van der Waals surface area (Å²) in [6.07, 6.45) is 0.709. The Morgan fingerprint density at radius 2 is 2.00 bits per heavy atom. The highest BCUT2D eigenvalue weighted by molar-refractivity contribution is 8.00. The van der Waals surface area contributed by atoms with Gasteiger partial charge in [-0.05, 0) is 23.5 Å². The fourth-order valence-electron chi connectivity index (χ4n) is 1.57. The van der Waals surface area contributed by atoms with Crippen molar-refractivity contribution in [2.24, 2.45) is 11.3 Å². The van der Waals surface area contributed by atoms with Crippen LogP contribution in [0, 0.1) is 11.3 Å². The van der Waals surface area contributed by atoms with Crippen molar-refractivity contribution in [2.75, 3.05) is 18.9 Å². The van der Waals surface area contributed by atoms with Crippen LogP contribution in [0.5, 0.6) is 0 Å². The van der Waals surface area contributed by atoms with E-state index in [1.165, 1.54) is 0 Å². The molecule has 0 radical (unpaired) electrons. The molecule has 0 fully saturated rings. The second-order valence-electron chi connectivity index (χ2n) is 5.48. The minimum atomic E-state index is -0.0389. The van der Waals surface area contributed by atoms with Crippen molar-refractivity contribution in [1.82, 2.24) is 5.32 Å². The molecule has 0 aromatic rings.